The molecular weight excluding hydrogens is 310 g/mol. The van der Waals surface area contributed by atoms with Gasteiger partial charge in [-0.3, -0.25) is 0 Å². The van der Waals surface area contributed by atoms with Crippen molar-refractivity contribution in [3.05, 3.63) is 65.1 Å². The molecule has 0 bridgehead atoms. The first-order chi connectivity index (χ1) is 11.1. The zero-order valence-electron chi connectivity index (χ0n) is 12.8. The van der Waals surface area contributed by atoms with Crippen LogP contribution >= 0.6 is 0 Å². The Morgan fingerprint density at radius 1 is 1.13 bits per heavy atom. The molecule has 0 spiro atoms. The normalized spacial score (nSPS) is 11.7. The van der Waals surface area contributed by atoms with Crippen LogP contribution in [-0.2, 0) is 9.84 Å². The van der Waals surface area contributed by atoms with Crippen molar-refractivity contribution < 1.29 is 13.2 Å². The Kier molecular flexibility index (Phi) is 5.56. The molecule has 2 rings (SSSR count). The molecule has 0 saturated carbocycles. The zero-order chi connectivity index (χ0) is 16.7. The van der Waals surface area contributed by atoms with Gasteiger partial charge in [-0.1, -0.05) is 37.3 Å². The van der Waals surface area contributed by atoms with E-state index >= 15 is 0 Å². The van der Waals surface area contributed by atoms with E-state index < -0.39 is 9.84 Å². The van der Waals surface area contributed by atoms with Crippen molar-refractivity contribution in [1.29, 1.82) is 5.26 Å². The third-order valence-corrected chi connectivity index (χ3v) is 4.78. The van der Waals surface area contributed by atoms with Crippen molar-refractivity contribution in [2.24, 2.45) is 0 Å². The standard InChI is InChI=1S/C18H17NO3S/c1-2-12-22-16-10-8-15(9-11-16)13-18(14-19)23(20,21)17-6-4-3-5-7-17/h3-11,13H,2,12H2,1H3. The minimum atomic E-state index is -3.80. The van der Waals surface area contributed by atoms with Gasteiger partial charge in [-0.25, -0.2) is 8.42 Å². The van der Waals surface area contributed by atoms with E-state index in [2.05, 4.69) is 0 Å². The second-order valence-electron chi connectivity index (χ2n) is 4.85. The molecule has 5 heteroatoms. The maximum Gasteiger partial charge on any atom is 0.216 e. The SMILES string of the molecule is CCCOc1ccc(C=C(C#N)S(=O)(=O)c2ccccc2)cc1. The first kappa shape index (κ1) is 16.8. The van der Waals surface area contributed by atoms with Gasteiger partial charge in [-0.2, -0.15) is 5.26 Å². The molecule has 0 aromatic heterocycles. The second kappa shape index (κ2) is 7.61. The summed E-state index contributed by atoms with van der Waals surface area (Å²) in [5.74, 6) is 0.716. The van der Waals surface area contributed by atoms with Crippen LogP contribution < -0.4 is 4.74 Å². The van der Waals surface area contributed by atoms with Crippen molar-refractivity contribution >= 4 is 15.9 Å². The molecule has 2 aromatic carbocycles. The number of nitriles is 1. The summed E-state index contributed by atoms with van der Waals surface area (Å²) >= 11 is 0. The lowest BCUT2D eigenvalue weighted by Crippen LogP contribution is -2.03. The largest absolute Gasteiger partial charge is 0.494 e. The number of rotatable bonds is 6. The first-order valence-electron chi connectivity index (χ1n) is 7.22. The lowest BCUT2D eigenvalue weighted by Gasteiger charge is -2.05. The van der Waals surface area contributed by atoms with Crippen LogP contribution in [0.2, 0.25) is 0 Å². The maximum atomic E-state index is 12.5. The highest BCUT2D eigenvalue weighted by atomic mass is 32.2. The van der Waals surface area contributed by atoms with E-state index in [0.717, 1.165) is 6.42 Å². The third kappa shape index (κ3) is 4.21. The molecule has 0 aliphatic rings. The van der Waals surface area contributed by atoms with E-state index in [1.807, 2.05) is 6.92 Å². The van der Waals surface area contributed by atoms with Gasteiger partial charge in [0.1, 0.15) is 16.7 Å². The Hall–Kier alpha value is -2.58. The van der Waals surface area contributed by atoms with Gasteiger partial charge in [0.25, 0.3) is 0 Å². The van der Waals surface area contributed by atoms with Crippen molar-refractivity contribution in [2.45, 2.75) is 18.2 Å². The van der Waals surface area contributed by atoms with Gasteiger partial charge in [0, 0.05) is 0 Å². The molecule has 2 aromatic rings. The van der Waals surface area contributed by atoms with Crippen molar-refractivity contribution in [3.8, 4) is 11.8 Å². The van der Waals surface area contributed by atoms with Gasteiger partial charge in [-0.05, 0) is 42.3 Å². The van der Waals surface area contributed by atoms with Crippen molar-refractivity contribution in [3.63, 3.8) is 0 Å². The molecule has 4 nitrogen and oxygen atoms in total. The van der Waals surface area contributed by atoms with Crippen LogP contribution in [0.3, 0.4) is 0 Å². The molecule has 0 aliphatic carbocycles. The molecule has 0 unspecified atom stereocenters. The van der Waals surface area contributed by atoms with Crippen molar-refractivity contribution in [1.82, 2.24) is 0 Å². The summed E-state index contributed by atoms with van der Waals surface area (Å²) < 4.78 is 30.4. The topological polar surface area (TPSA) is 67.2 Å². The number of hydrogen-bond donors (Lipinski definition) is 0. The number of benzene rings is 2. The van der Waals surface area contributed by atoms with E-state index in [1.54, 1.807) is 48.5 Å². The monoisotopic (exact) mass is 327 g/mol. The molecule has 0 heterocycles. The minimum Gasteiger partial charge on any atom is -0.494 e. The van der Waals surface area contributed by atoms with Crippen LogP contribution in [0.15, 0.2) is 64.4 Å². The number of hydrogen-bond acceptors (Lipinski definition) is 4. The number of allylic oxidation sites excluding steroid dienone is 1. The Labute approximate surface area is 136 Å². The Balaban J connectivity index is 2.31. The molecule has 0 radical (unpaired) electrons. The average molecular weight is 327 g/mol. The highest BCUT2D eigenvalue weighted by Gasteiger charge is 2.20. The summed E-state index contributed by atoms with van der Waals surface area (Å²) in [6.45, 7) is 2.64. The summed E-state index contributed by atoms with van der Waals surface area (Å²) in [6, 6.07) is 16.7. The molecule has 0 amide bonds. The molecule has 0 saturated heterocycles. The van der Waals surface area contributed by atoms with Crippen molar-refractivity contribution in [2.75, 3.05) is 6.61 Å². The molecule has 0 aliphatic heterocycles. The van der Waals surface area contributed by atoms with E-state index in [1.165, 1.54) is 18.2 Å². The van der Waals surface area contributed by atoms with Gasteiger partial charge < -0.3 is 4.74 Å². The van der Waals surface area contributed by atoms with Crippen LogP contribution in [-0.4, -0.2) is 15.0 Å². The highest BCUT2D eigenvalue weighted by molar-refractivity contribution is 7.95. The third-order valence-electron chi connectivity index (χ3n) is 3.10. The van der Waals surface area contributed by atoms with Crippen LogP contribution in [0.25, 0.3) is 6.08 Å². The first-order valence-corrected chi connectivity index (χ1v) is 8.71. The summed E-state index contributed by atoms with van der Waals surface area (Å²) in [5.41, 5.74) is 0.630. The van der Waals surface area contributed by atoms with E-state index in [9.17, 15) is 13.7 Å². The van der Waals surface area contributed by atoms with E-state index in [4.69, 9.17) is 4.74 Å². The van der Waals surface area contributed by atoms with Crippen LogP contribution in [0.4, 0.5) is 0 Å². The minimum absolute atomic E-state index is 0.107. The fourth-order valence-electron chi connectivity index (χ4n) is 1.93. The van der Waals surface area contributed by atoms with E-state index in [-0.39, 0.29) is 9.80 Å². The Morgan fingerprint density at radius 3 is 2.35 bits per heavy atom. The maximum absolute atomic E-state index is 12.5. The van der Waals surface area contributed by atoms with Crippen LogP contribution in [0.5, 0.6) is 5.75 Å². The highest BCUT2D eigenvalue weighted by Crippen LogP contribution is 2.22. The summed E-state index contributed by atoms with van der Waals surface area (Å²) in [5, 5.41) is 9.23. The number of sulfone groups is 1. The van der Waals surface area contributed by atoms with Gasteiger partial charge in [0.2, 0.25) is 9.84 Å². The molecule has 118 valence electrons. The van der Waals surface area contributed by atoms with Gasteiger partial charge in [-0.15, -0.1) is 0 Å². The summed E-state index contributed by atoms with van der Waals surface area (Å²) in [4.78, 5) is -0.179. The summed E-state index contributed by atoms with van der Waals surface area (Å²) in [7, 11) is -3.80. The average Bonchev–Trinajstić information content (AvgIpc) is 2.59. The predicted octanol–water partition coefficient (Wildman–Crippen LogP) is 3.81. The molecule has 23 heavy (non-hydrogen) atoms. The second-order valence-corrected chi connectivity index (χ2v) is 6.77. The fourth-order valence-corrected chi connectivity index (χ4v) is 3.11. The number of nitrogens with zero attached hydrogens (tertiary/aromatic N) is 1. The Bertz CT molecular complexity index is 817. The summed E-state index contributed by atoms with van der Waals surface area (Å²) in [6.07, 6.45) is 2.28. The van der Waals surface area contributed by atoms with Gasteiger partial charge >= 0.3 is 0 Å². The van der Waals surface area contributed by atoms with Gasteiger partial charge in [0.15, 0.2) is 0 Å². The molecular formula is C18H17NO3S. The van der Waals surface area contributed by atoms with Gasteiger partial charge in [0.05, 0.1) is 11.5 Å². The fraction of sp³-hybridized carbons (Fsp3) is 0.167. The smallest absolute Gasteiger partial charge is 0.216 e. The van der Waals surface area contributed by atoms with Crippen LogP contribution in [0, 0.1) is 11.3 Å². The molecule has 0 N–H and O–H groups in total. The number of ether oxygens (including phenoxy) is 1. The quantitative estimate of drug-likeness (QED) is 0.757. The van der Waals surface area contributed by atoms with Crippen LogP contribution in [0.1, 0.15) is 18.9 Å². The van der Waals surface area contributed by atoms with E-state index in [0.29, 0.717) is 17.9 Å². The molecule has 0 fully saturated rings. The Morgan fingerprint density at radius 2 is 1.78 bits per heavy atom. The molecule has 0 atom stereocenters. The predicted molar refractivity (Wildman–Crippen MR) is 89.4 cm³/mol. The zero-order valence-corrected chi connectivity index (χ0v) is 13.6. The lowest BCUT2D eigenvalue weighted by molar-refractivity contribution is 0.317. The lowest BCUT2D eigenvalue weighted by atomic mass is 10.2.